The summed E-state index contributed by atoms with van der Waals surface area (Å²) in [5.41, 5.74) is -0.453. The standard InChI is InChI=1S/C20H39N5O3.HI/c1-6-21-18(22-13-16-7-9-24(10-8-16)11-12-27-5)23-17-14-25(15-17)19(26)28-20(2,3)4;/h16-17H,6-15H2,1-5H3,(H2,21,22,23);1H. The number of rotatable bonds is 7. The first-order valence-corrected chi connectivity index (χ1v) is 10.5. The van der Waals surface area contributed by atoms with Gasteiger partial charge in [-0.3, -0.25) is 4.99 Å². The molecular formula is C20H40IN5O3. The van der Waals surface area contributed by atoms with E-state index in [2.05, 4.69) is 22.5 Å². The molecule has 0 bridgehead atoms. The number of nitrogens with zero attached hydrogens (tertiary/aromatic N) is 3. The van der Waals surface area contributed by atoms with Gasteiger partial charge in [0.15, 0.2) is 5.96 Å². The van der Waals surface area contributed by atoms with Crippen molar-refractivity contribution in [2.45, 2.75) is 52.2 Å². The minimum atomic E-state index is -0.453. The van der Waals surface area contributed by atoms with E-state index in [0.29, 0.717) is 19.0 Å². The molecule has 0 unspecified atom stereocenters. The van der Waals surface area contributed by atoms with E-state index < -0.39 is 5.60 Å². The summed E-state index contributed by atoms with van der Waals surface area (Å²) in [5.74, 6) is 1.48. The Hall–Kier alpha value is -0.810. The highest BCUT2D eigenvalue weighted by Gasteiger charge is 2.34. The number of carbonyl (C=O) groups is 1. The van der Waals surface area contributed by atoms with Gasteiger partial charge in [-0.2, -0.15) is 0 Å². The van der Waals surface area contributed by atoms with Crippen LogP contribution >= 0.6 is 24.0 Å². The van der Waals surface area contributed by atoms with Crippen molar-refractivity contribution in [2.24, 2.45) is 10.9 Å². The summed E-state index contributed by atoms with van der Waals surface area (Å²) >= 11 is 0. The second-order valence-corrected chi connectivity index (χ2v) is 8.72. The fourth-order valence-electron chi connectivity index (χ4n) is 3.39. The van der Waals surface area contributed by atoms with Gasteiger partial charge in [-0.15, -0.1) is 24.0 Å². The van der Waals surface area contributed by atoms with Crippen molar-refractivity contribution in [3.63, 3.8) is 0 Å². The van der Waals surface area contributed by atoms with Gasteiger partial charge < -0.3 is 29.9 Å². The summed E-state index contributed by atoms with van der Waals surface area (Å²) < 4.78 is 10.6. The third-order valence-corrected chi connectivity index (χ3v) is 5.04. The number of hydrogen-bond donors (Lipinski definition) is 2. The molecule has 2 N–H and O–H groups in total. The molecule has 0 spiro atoms. The van der Waals surface area contributed by atoms with Crippen LogP contribution < -0.4 is 10.6 Å². The lowest BCUT2D eigenvalue weighted by Crippen LogP contribution is -2.63. The minimum absolute atomic E-state index is 0. The van der Waals surface area contributed by atoms with Crippen molar-refractivity contribution >= 4 is 36.0 Å². The van der Waals surface area contributed by atoms with Crippen molar-refractivity contribution in [1.29, 1.82) is 0 Å². The van der Waals surface area contributed by atoms with Crippen LogP contribution in [0.15, 0.2) is 4.99 Å². The van der Waals surface area contributed by atoms with Crippen LogP contribution in [-0.4, -0.2) is 93.0 Å². The molecule has 170 valence electrons. The topological polar surface area (TPSA) is 78.4 Å². The van der Waals surface area contributed by atoms with Crippen LogP contribution in [-0.2, 0) is 9.47 Å². The molecule has 8 nitrogen and oxygen atoms in total. The highest BCUT2D eigenvalue weighted by molar-refractivity contribution is 14.0. The van der Waals surface area contributed by atoms with Crippen LogP contribution in [0, 0.1) is 5.92 Å². The van der Waals surface area contributed by atoms with Crippen LogP contribution in [0.1, 0.15) is 40.5 Å². The third-order valence-electron chi connectivity index (χ3n) is 5.04. The van der Waals surface area contributed by atoms with Gasteiger partial charge in [0.2, 0.25) is 0 Å². The Morgan fingerprint density at radius 3 is 2.41 bits per heavy atom. The van der Waals surface area contributed by atoms with Gasteiger partial charge in [0.25, 0.3) is 0 Å². The normalized spacial score (nSPS) is 19.3. The fourth-order valence-corrected chi connectivity index (χ4v) is 3.39. The molecule has 2 heterocycles. The van der Waals surface area contributed by atoms with E-state index in [9.17, 15) is 4.79 Å². The summed E-state index contributed by atoms with van der Waals surface area (Å²) in [5, 5.41) is 6.76. The Kier molecular flexibility index (Phi) is 11.6. The Balaban J connectivity index is 0.00000420. The van der Waals surface area contributed by atoms with Crippen LogP contribution in [0.5, 0.6) is 0 Å². The molecule has 0 radical (unpaired) electrons. The summed E-state index contributed by atoms with van der Waals surface area (Å²) in [6.45, 7) is 14.8. The highest BCUT2D eigenvalue weighted by Crippen LogP contribution is 2.18. The Morgan fingerprint density at radius 2 is 1.86 bits per heavy atom. The van der Waals surface area contributed by atoms with E-state index in [1.54, 1.807) is 12.0 Å². The predicted molar refractivity (Wildman–Crippen MR) is 127 cm³/mol. The molecule has 9 heteroatoms. The van der Waals surface area contributed by atoms with Crippen molar-refractivity contribution in [1.82, 2.24) is 20.4 Å². The van der Waals surface area contributed by atoms with Crippen LogP contribution in [0.2, 0.25) is 0 Å². The number of likely N-dealkylation sites (tertiary alicyclic amines) is 2. The molecule has 0 aromatic carbocycles. The largest absolute Gasteiger partial charge is 0.444 e. The van der Waals surface area contributed by atoms with Crippen LogP contribution in [0.25, 0.3) is 0 Å². The second-order valence-electron chi connectivity index (χ2n) is 8.72. The van der Waals surface area contributed by atoms with Crippen molar-refractivity contribution in [2.75, 3.05) is 59.5 Å². The number of amides is 1. The summed E-state index contributed by atoms with van der Waals surface area (Å²) in [4.78, 5) is 21.0. The first kappa shape index (κ1) is 26.2. The summed E-state index contributed by atoms with van der Waals surface area (Å²) in [6, 6.07) is 0.223. The van der Waals surface area contributed by atoms with Crippen molar-refractivity contribution in [3.05, 3.63) is 0 Å². The zero-order valence-electron chi connectivity index (χ0n) is 18.7. The molecule has 2 rings (SSSR count). The third kappa shape index (κ3) is 9.69. The number of halogens is 1. The number of nitrogens with one attached hydrogen (secondary N) is 2. The molecule has 0 aromatic rings. The van der Waals surface area contributed by atoms with Crippen molar-refractivity contribution < 1.29 is 14.3 Å². The van der Waals surface area contributed by atoms with E-state index in [1.807, 2.05) is 20.8 Å². The Bertz CT molecular complexity index is 513. The van der Waals surface area contributed by atoms with Crippen LogP contribution in [0.4, 0.5) is 4.79 Å². The maximum Gasteiger partial charge on any atom is 0.410 e. The maximum absolute atomic E-state index is 12.0. The highest BCUT2D eigenvalue weighted by atomic mass is 127. The molecule has 1 amide bonds. The molecular weight excluding hydrogens is 485 g/mol. The number of piperidine rings is 1. The zero-order chi connectivity index (χ0) is 20.6. The average molecular weight is 525 g/mol. The van der Waals surface area contributed by atoms with E-state index in [4.69, 9.17) is 14.5 Å². The predicted octanol–water partition coefficient (Wildman–Crippen LogP) is 2.14. The van der Waals surface area contributed by atoms with E-state index >= 15 is 0 Å². The van der Waals surface area contributed by atoms with Crippen LogP contribution in [0.3, 0.4) is 0 Å². The monoisotopic (exact) mass is 525 g/mol. The quantitative estimate of drug-likeness (QED) is 0.302. The molecule has 2 fully saturated rings. The van der Waals surface area contributed by atoms with Crippen molar-refractivity contribution in [3.8, 4) is 0 Å². The molecule has 2 saturated heterocycles. The second kappa shape index (κ2) is 12.8. The number of methoxy groups -OCH3 is 1. The SMILES string of the molecule is CCNC(=NCC1CCN(CCOC)CC1)NC1CN(C(=O)OC(C)(C)C)C1.I. The number of hydrogen-bond acceptors (Lipinski definition) is 5. The number of ether oxygens (including phenoxy) is 2. The lowest BCUT2D eigenvalue weighted by atomic mass is 9.97. The molecule has 0 aromatic heterocycles. The summed E-state index contributed by atoms with van der Waals surface area (Å²) in [6.07, 6.45) is 2.12. The molecule has 29 heavy (non-hydrogen) atoms. The summed E-state index contributed by atoms with van der Waals surface area (Å²) in [7, 11) is 1.76. The Labute approximate surface area is 193 Å². The van der Waals surface area contributed by atoms with Gasteiger partial charge in [0.1, 0.15) is 5.60 Å². The van der Waals surface area contributed by atoms with Gasteiger partial charge in [0, 0.05) is 39.8 Å². The first-order chi connectivity index (χ1) is 13.3. The number of aliphatic imine (C=N–C) groups is 1. The fraction of sp³-hybridized carbons (Fsp3) is 0.900. The number of carbonyl (C=O) groups excluding carboxylic acids is 1. The maximum atomic E-state index is 12.0. The molecule has 2 aliphatic rings. The minimum Gasteiger partial charge on any atom is -0.444 e. The lowest BCUT2D eigenvalue weighted by molar-refractivity contribution is 0.00700. The average Bonchev–Trinajstić information content (AvgIpc) is 2.59. The van der Waals surface area contributed by atoms with E-state index in [1.165, 1.54) is 12.8 Å². The molecule has 0 saturated carbocycles. The van der Waals surface area contributed by atoms with E-state index in [0.717, 1.165) is 45.3 Å². The molecule has 0 atom stereocenters. The van der Waals surface area contributed by atoms with Gasteiger partial charge in [0.05, 0.1) is 12.6 Å². The number of guanidine groups is 1. The first-order valence-electron chi connectivity index (χ1n) is 10.5. The molecule has 0 aliphatic carbocycles. The van der Waals surface area contributed by atoms with Gasteiger partial charge in [-0.1, -0.05) is 0 Å². The van der Waals surface area contributed by atoms with Gasteiger partial charge in [-0.25, -0.2) is 4.79 Å². The lowest BCUT2D eigenvalue weighted by Gasteiger charge is -2.40. The van der Waals surface area contributed by atoms with Gasteiger partial charge in [-0.05, 0) is 59.5 Å². The zero-order valence-corrected chi connectivity index (χ0v) is 21.0. The van der Waals surface area contributed by atoms with Gasteiger partial charge >= 0.3 is 6.09 Å². The Morgan fingerprint density at radius 1 is 1.21 bits per heavy atom. The smallest absolute Gasteiger partial charge is 0.410 e. The molecule has 2 aliphatic heterocycles. The van der Waals surface area contributed by atoms with E-state index in [-0.39, 0.29) is 36.1 Å².